The Labute approximate surface area is 156 Å². The zero-order chi connectivity index (χ0) is 18.4. The largest absolute Gasteiger partial charge is 0.0619 e. The van der Waals surface area contributed by atoms with Gasteiger partial charge in [0.25, 0.3) is 0 Å². The molecule has 2 aliphatic rings. The van der Waals surface area contributed by atoms with Crippen LogP contribution in [0.3, 0.4) is 0 Å². The van der Waals surface area contributed by atoms with Gasteiger partial charge in [0.15, 0.2) is 0 Å². The minimum Gasteiger partial charge on any atom is -0.0619 e. The van der Waals surface area contributed by atoms with Crippen molar-refractivity contribution in [3.8, 4) is 22.3 Å². The van der Waals surface area contributed by atoms with Crippen molar-refractivity contribution >= 4 is 0 Å². The maximum Gasteiger partial charge on any atom is 0.0162 e. The van der Waals surface area contributed by atoms with E-state index >= 15 is 0 Å². The van der Waals surface area contributed by atoms with Crippen molar-refractivity contribution < 1.29 is 0 Å². The highest BCUT2D eigenvalue weighted by atomic mass is 14.5. The Morgan fingerprint density at radius 3 is 1.27 bits per heavy atom. The van der Waals surface area contributed by atoms with E-state index in [1.165, 1.54) is 44.5 Å². The van der Waals surface area contributed by atoms with Gasteiger partial charge in [0.1, 0.15) is 0 Å². The van der Waals surface area contributed by atoms with Gasteiger partial charge in [-0.2, -0.15) is 0 Å². The van der Waals surface area contributed by atoms with Crippen LogP contribution >= 0.6 is 0 Å². The molecule has 0 bridgehead atoms. The molecule has 3 aromatic carbocycles. The third-order valence-corrected chi connectivity index (χ3v) is 7.05. The van der Waals surface area contributed by atoms with Gasteiger partial charge in [0.2, 0.25) is 0 Å². The Morgan fingerprint density at radius 1 is 0.538 bits per heavy atom. The summed E-state index contributed by atoms with van der Waals surface area (Å²) in [6.45, 7) is 14.3. The van der Waals surface area contributed by atoms with Crippen LogP contribution in [0.15, 0.2) is 48.5 Å². The second-order valence-electron chi connectivity index (χ2n) is 9.09. The minimum absolute atomic E-state index is 0.0355. The van der Waals surface area contributed by atoms with Crippen LogP contribution in [0, 0.1) is 13.8 Å². The first-order valence-corrected chi connectivity index (χ1v) is 9.65. The standard InChI is InChI=1S/C26H26/c1-15-16(2)22-18-12-8-10-14-20(18)26(5,6)24(22)23-21(15)17-11-7-9-13-19(17)25(23,3)4/h7-14H,1-6H3. The molecule has 2 aliphatic carbocycles. The quantitative estimate of drug-likeness (QED) is 0.417. The molecular weight excluding hydrogens is 312 g/mol. The summed E-state index contributed by atoms with van der Waals surface area (Å²) in [4.78, 5) is 0. The van der Waals surface area contributed by atoms with Crippen LogP contribution in [-0.2, 0) is 10.8 Å². The lowest BCUT2D eigenvalue weighted by atomic mass is 9.71. The highest BCUT2D eigenvalue weighted by Crippen LogP contribution is 2.60. The van der Waals surface area contributed by atoms with Crippen molar-refractivity contribution in [3.63, 3.8) is 0 Å². The Morgan fingerprint density at radius 2 is 0.885 bits per heavy atom. The third kappa shape index (κ3) is 1.62. The van der Waals surface area contributed by atoms with Gasteiger partial charge < -0.3 is 0 Å². The summed E-state index contributed by atoms with van der Waals surface area (Å²) >= 11 is 0. The van der Waals surface area contributed by atoms with Gasteiger partial charge in [-0.1, -0.05) is 76.2 Å². The summed E-state index contributed by atoms with van der Waals surface area (Å²) < 4.78 is 0. The minimum atomic E-state index is 0.0355. The Bertz CT molecular complexity index is 1000. The molecule has 0 radical (unpaired) electrons. The molecule has 0 atom stereocenters. The smallest absolute Gasteiger partial charge is 0.0162 e. The average molecular weight is 338 g/mol. The number of hydrogen-bond donors (Lipinski definition) is 0. The zero-order valence-electron chi connectivity index (χ0n) is 16.6. The van der Waals surface area contributed by atoms with Crippen molar-refractivity contribution in [1.29, 1.82) is 0 Å². The van der Waals surface area contributed by atoms with Crippen LogP contribution in [0.4, 0.5) is 0 Å². The van der Waals surface area contributed by atoms with E-state index in [2.05, 4.69) is 90.1 Å². The van der Waals surface area contributed by atoms with Crippen molar-refractivity contribution in [2.24, 2.45) is 0 Å². The van der Waals surface area contributed by atoms with Crippen molar-refractivity contribution in [1.82, 2.24) is 0 Å². The second-order valence-corrected chi connectivity index (χ2v) is 9.09. The fourth-order valence-electron chi connectivity index (χ4n) is 5.68. The van der Waals surface area contributed by atoms with Crippen molar-refractivity contribution in [3.05, 3.63) is 81.9 Å². The van der Waals surface area contributed by atoms with Gasteiger partial charge in [-0.15, -0.1) is 0 Å². The zero-order valence-corrected chi connectivity index (χ0v) is 16.6. The van der Waals surface area contributed by atoms with E-state index in [1.807, 2.05) is 0 Å². The molecule has 0 aliphatic heterocycles. The molecule has 0 saturated carbocycles. The van der Waals surface area contributed by atoms with Gasteiger partial charge in [0.05, 0.1) is 0 Å². The van der Waals surface area contributed by atoms with Gasteiger partial charge in [-0.3, -0.25) is 0 Å². The molecule has 0 N–H and O–H groups in total. The molecule has 0 nitrogen and oxygen atoms in total. The molecule has 0 amide bonds. The summed E-state index contributed by atoms with van der Waals surface area (Å²) in [5.41, 5.74) is 14.9. The summed E-state index contributed by atoms with van der Waals surface area (Å²) in [5, 5.41) is 0. The third-order valence-electron chi connectivity index (χ3n) is 7.05. The number of benzene rings is 3. The maximum absolute atomic E-state index is 2.41. The average Bonchev–Trinajstić information content (AvgIpc) is 2.99. The van der Waals surface area contributed by atoms with Crippen molar-refractivity contribution in [2.45, 2.75) is 52.4 Å². The van der Waals surface area contributed by atoms with Gasteiger partial charge >= 0.3 is 0 Å². The summed E-state index contributed by atoms with van der Waals surface area (Å²) in [7, 11) is 0. The molecule has 0 aromatic heterocycles. The highest BCUT2D eigenvalue weighted by molar-refractivity contribution is 5.94. The van der Waals surface area contributed by atoms with Crippen molar-refractivity contribution in [2.75, 3.05) is 0 Å². The second kappa shape index (κ2) is 4.68. The first-order valence-electron chi connectivity index (χ1n) is 9.65. The predicted molar refractivity (Wildman–Crippen MR) is 111 cm³/mol. The first kappa shape index (κ1) is 15.9. The van der Waals surface area contributed by atoms with E-state index in [0.29, 0.717) is 0 Å². The van der Waals surface area contributed by atoms with E-state index in [0.717, 1.165) is 0 Å². The molecule has 0 spiro atoms. The van der Waals surface area contributed by atoms with E-state index in [-0.39, 0.29) is 10.8 Å². The molecule has 5 rings (SSSR count). The molecule has 130 valence electrons. The van der Waals surface area contributed by atoms with E-state index in [9.17, 15) is 0 Å². The highest BCUT2D eigenvalue weighted by Gasteiger charge is 2.46. The molecule has 0 unspecified atom stereocenters. The number of rotatable bonds is 0. The monoisotopic (exact) mass is 338 g/mol. The molecule has 0 heterocycles. The summed E-state index contributed by atoms with van der Waals surface area (Å²) in [6.07, 6.45) is 0. The molecule has 0 heteroatoms. The molecular formula is C26H26. The summed E-state index contributed by atoms with van der Waals surface area (Å²) in [5.74, 6) is 0. The van der Waals surface area contributed by atoms with Crippen LogP contribution in [0.2, 0.25) is 0 Å². The lowest BCUT2D eigenvalue weighted by molar-refractivity contribution is 0.600. The van der Waals surface area contributed by atoms with E-state index in [1.54, 1.807) is 11.1 Å². The van der Waals surface area contributed by atoms with Crippen LogP contribution in [-0.4, -0.2) is 0 Å². The van der Waals surface area contributed by atoms with Crippen LogP contribution in [0.5, 0.6) is 0 Å². The Hall–Kier alpha value is -2.34. The fourth-order valence-corrected chi connectivity index (χ4v) is 5.68. The van der Waals surface area contributed by atoms with E-state index < -0.39 is 0 Å². The van der Waals surface area contributed by atoms with Gasteiger partial charge in [-0.05, 0) is 69.5 Å². The Balaban J connectivity index is 2.02. The number of hydrogen-bond acceptors (Lipinski definition) is 0. The lowest BCUT2D eigenvalue weighted by Crippen LogP contribution is -2.24. The number of fused-ring (bicyclic) bond motifs is 7. The summed E-state index contributed by atoms with van der Waals surface area (Å²) in [6, 6.07) is 18.0. The normalized spacial score (nSPS) is 17.5. The van der Waals surface area contributed by atoms with Crippen LogP contribution in [0.1, 0.15) is 61.1 Å². The van der Waals surface area contributed by atoms with Gasteiger partial charge in [0, 0.05) is 10.8 Å². The van der Waals surface area contributed by atoms with Crippen LogP contribution in [0.25, 0.3) is 22.3 Å². The fraction of sp³-hybridized carbons (Fsp3) is 0.308. The van der Waals surface area contributed by atoms with Crippen LogP contribution < -0.4 is 0 Å². The Kier molecular flexibility index (Phi) is 2.86. The molecule has 0 saturated heterocycles. The SMILES string of the molecule is Cc1c(C)c2c(c3c1-c1ccccc1C3(C)C)C(C)(C)c1ccccc1-2. The molecule has 26 heavy (non-hydrogen) atoms. The van der Waals surface area contributed by atoms with Gasteiger partial charge in [-0.25, -0.2) is 0 Å². The first-order chi connectivity index (χ1) is 12.3. The lowest BCUT2D eigenvalue weighted by Gasteiger charge is -2.32. The molecule has 3 aromatic rings. The predicted octanol–water partition coefficient (Wildman–Crippen LogP) is 6.92. The maximum atomic E-state index is 2.41. The van der Waals surface area contributed by atoms with E-state index in [4.69, 9.17) is 0 Å². The molecule has 0 fully saturated rings. The topological polar surface area (TPSA) is 0 Å².